The SMILES string of the molecule is COc1ccc(CNCCC(=O)N2CCCC2)c(F)c1. The van der Waals surface area contributed by atoms with Gasteiger partial charge in [0.05, 0.1) is 7.11 Å². The van der Waals surface area contributed by atoms with Crippen molar-refractivity contribution < 1.29 is 13.9 Å². The van der Waals surface area contributed by atoms with Gasteiger partial charge in [-0.1, -0.05) is 6.07 Å². The van der Waals surface area contributed by atoms with E-state index in [4.69, 9.17) is 4.74 Å². The average Bonchev–Trinajstić information content (AvgIpc) is 2.98. The summed E-state index contributed by atoms with van der Waals surface area (Å²) >= 11 is 0. The number of ether oxygens (including phenoxy) is 1. The molecule has 2 rings (SSSR count). The first-order valence-electron chi connectivity index (χ1n) is 7.01. The Balaban J connectivity index is 1.71. The summed E-state index contributed by atoms with van der Waals surface area (Å²) in [4.78, 5) is 13.7. The van der Waals surface area contributed by atoms with E-state index >= 15 is 0 Å². The summed E-state index contributed by atoms with van der Waals surface area (Å²) in [6.45, 7) is 2.75. The summed E-state index contributed by atoms with van der Waals surface area (Å²) in [5.41, 5.74) is 0.583. The largest absolute Gasteiger partial charge is 0.497 e. The van der Waals surface area contributed by atoms with Gasteiger partial charge in [-0.05, 0) is 18.9 Å². The molecule has 4 nitrogen and oxygen atoms in total. The Kier molecular flexibility index (Phi) is 5.35. The predicted octanol–water partition coefficient (Wildman–Crippen LogP) is 1.94. The summed E-state index contributed by atoms with van der Waals surface area (Å²) in [6, 6.07) is 4.80. The second-order valence-corrected chi connectivity index (χ2v) is 4.97. The van der Waals surface area contributed by atoms with E-state index in [9.17, 15) is 9.18 Å². The molecule has 0 aliphatic carbocycles. The molecular weight excluding hydrogens is 259 g/mol. The van der Waals surface area contributed by atoms with Crippen LogP contribution in [0.3, 0.4) is 0 Å². The molecule has 1 aromatic carbocycles. The van der Waals surface area contributed by atoms with Crippen LogP contribution >= 0.6 is 0 Å². The van der Waals surface area contributed by atoms with Gasteiger partial charge in [-0.2, -0.15) is 0 Å². The maximum Gasteiger partial charge on any atom is 0.223 e. The van der Waals surface area contributed by atoms with Crippen LogP contribution in [0, 0.1) is 5.82 Å². The first-order chi connectivity index (χ1) is 9.70. The number of hydrogen-bond acceptors (Lipinski definition) is 3. The third-order valence-electron chi connectivity index (χ3n) is 3.55. The lowest BCUT2D eigenvalue weighted by Crippen LogP contribution is -2.30. The Morgan fingerprint density at radius 2 is 2.15 bits per heavy atom. The highest BCUT2D eigenvalue weighted by Crippen LogP contribution is 2.16. The highest BCUT2D eigenvalue weighted by atomic mass is 19.1. The van der Waals surface area contributed by atoms with Crippen molar-refractivity contribution in [2.45, 2.75) is 25.8 Å². The minimum atomic E-state index is -0.289. The molecular formula is C15H21FN2O2. The maximum absolute atomic E-state index is 13.7. The first kappa shape index (κ1) is 14.8. The van der Waals surface area contributed by atoms with Crippen molar-refractivity contribution >= 4 is 5.91 Å². The third kappa shape index (κ3) is 3.93. The Bertz CT molecular complexity index is 459. The lowest BCUT2D eigenvalue weighted by atomic mass is 10.2. The summed E-state index contributed by atoms with van der Waals surface area (Å²) < 4.78 is 18.6. The van der Waals surface area contributed by atoms with Gasteiger partial charge in [0.15, 0.2) is 0 Å². The number of methoxy groups -OCH3 is 1. The van der Waals surface area contributed by atoms with E-state index in [1.54, 1.807) is 12.1 Å². The number of rotatable bonds is 6. The maximum atomic E-state index is 13.7. The fourth-order valence-corrected chi connectivity index (χ4v) is 2.34. The van der Waals surface area contributed by atoms with Gasteiger partial charge in [-0.25, -0.2) is 4.39 Å². The van der Waals surface area contributed by atoms with E-state index in [2.05, 4.69) is 5.32 Å². The number of benzene rings is 1. The van der Waals surface area contributed by atoms with Gasteiger partial charge >= 0.3 is 0 Å². The van der Waals surface area contributed by atoms with E-state index in [-0.39, 0.29) is 11.7 Å². The molecule has 0 spiro atoms. The van der Waals surface area contributed by atoms with E-state index in [0.29, 0.717) is 30.8 Å². The van der Waals surface area contributed by atoms with Gasteiger partial charge in [-0.15, -0.1) is 0 Å². The lowest BCUT2D eigenvalue weighted by Gasteiger charge is -2.15. The zero-order valence-corrected chi connectivity index (χ0v) is 11.8. The fraction of sp³-hybridized carbons (Fsp3) is 0.533. The molecule has 0 unspecified atom stereocenters. The van der Waals surface area contributed by atoms with E-state index in [0.717, 1.165) is 25.9 Å². The molecule has 1 aliphatic heterocycles. The number of nitrogens with zero attached hydrogens (tertiary/aromatic N) is 1. The molecule has 5 heteroatoms. The molecule has 110 valence electrons. The van der Waals surface area contributed by atoms with Crippen molar-refractivity contribution in [3.63, 3.8) is 0 Å². The van der Waals surface area contributed by atoms with Gasteiger partial charge in [0.2, 0.25) is 5.91 Å². The van der Waals surface area contributed by atoms with Crippen molar-refractivity contribution in [3.05, 3.63) is 29.6 Å². The Morgan fingerprint density at radius 1 is 1.40 bits per heavy atom. The minimum Gasteiger partial charge on any atom is -0.497 e. The van der Waals surface area contributed by atoms with Gasteiger partial charge in [-0.3, -0.25) is 4.79 Å². The minimum absolute atomic E-state index is 0.185. The van der Waals surface area contributed by atoms with Crippen LogP contribution in [0.25, 0.3) is 0 Å². The quantitative estimate of drug-likeness (QED) is 0.810. The summed E-state index contributed by atoms with van der Waals surface area (Å²) in [6.07, 6.45) is 2.68. The van der Waals surface area contributed by atoms with Gasteiger partial charge in [0.25, 0.3) is 0 Å². The molecule has 1 fully saturated rings. The van der Waals surface area contributed by atoms with Crippen molar-refractivity contribution in [1.82, 2.24) is 10.2 Å². The van der Waals surface area contributed by atoms with Crippen LogP contribution in [0.5, 0.6) is 5.75 Å². The Labute approximate surface area is 118 Å². The van der Waals surface area contributed by atoms with E-state index in [1.165, 1.54) is 13.2 Å². The molecule has 1 aromatic rings. The average molecular weight is 280 g/mol. The second kappa shape index (κ2) is 7.24. The van der Waals surface area contributed by atoms with Crippen LogP contribution < -0.4 is 10.1 Å². The van der Waals surface area contributed by atoms with Gasteiger partial charge in [0.1, 0.15) is 11.6 Å². The van der Waals surface area contributed by atoms with Crippen molar-refractivity contribution in [3.8, 4) is 5.75 Å². The van der Waals surface area contributed by atoms with Crippen LogP contribution in [0.1, 0.15) is 24.8 Å². The molecule has 20 heavy (non-hydrogen) atoms. The standard InChI is InChI=1S/C15H21FN2O2/c1-20-13-5-4-12(14(16)10-13)11-17-7-6-15(19)18-8-2-3-9-18/h4-5,10,17H,2-3,6-9,11H2,1H3. The Hall–Kier alpha value is -1.62. The number of likely N-dealkylation sites (tertiary alicyclic amines) is 1. The highest BCUT2D eigenvalue weighted by Gasteiger charge is 2.16. The molecule has 0 atom stereocenters. The van der Waals surface area contributed by atoms with Crippen LogP contribution in [-0.4, -0.2) is 37.6 Å². The van der Waals surface area contributed by atoms with Crippen molar-refractivity contribution in [2.24, 2.45) is 0 Å². The summed E-state index contributed by atoms with van der Waals surface area (Å²) in [7, 11) is 1.51. The number of carbonyl (C=O) groups is 1. The molecule has 0 saturated carbocycles. The number of amides is 1. The summed E-state index contributed by atoms with van der Waals surface area (Å²) in [5, 5.41) is 3.11. The molecule has 1 amide bonds. The number of nitrogens with one attached hydrogen (secondary N) is 1. The monoisotopic (exact) mass is 280 g/mol. The molecule has 1 heterocycles. The Morgan fingerprint density at radius 3 is 2.80 bits per heavy atom. The number of hydrogen-bond donors (Lipinski definition) is 1. The zero-order chi connectivity index (χ0) is 14.4. The molecule has 1 saturated heterocycles. The predicted molar refractivity (Wildman–Crippen MR) is 75.1 cm³/mol. The third-order valence-corrected chi connectivity index (χ3v) is 3.55. The van der Waals surface area contributed by atoms with Crippen LogP contribution in [-0.2, 0) is 11.3 Å². The normalized spacial score (nSPS) is 14.6. The van der Waals surface area contributed by atoms with Gasteiger partial charge in [0, 0.05) is 44.2 Å². The van der Waals surface area contributed by atoms with Crippen molar-refractivity contribution in [1.29, 1.82) is 0 Å². The first-order valence-corrected chi connectivity index (χ1v) is 7.01. The van der Waals surface area contributed by atoms with Crippen LogP contribution in [0.2, 0.25) is 0 Å². The van der Waals surface area contributed by atoms with Crippen molar-refractivity contribution in [2.75, 3.05) is 26.7 Å². The molecule has 1 N–H and O–H groups in total. The molecule has 0 aromatic heterocycles. The molecule has 0 radical (unpaired) electrons. The second-order valence-electron chi connectivity index (χ2n) is 4.97. The number of halogens is 1. The topological polar surface area (TPSA) is 41.6 Å². The van der Waals surface area contributed by atoms with E-state index < -0.39 is 0 Å². The zero-order valence-electron chi connectivity index (χ0n) is 11.8. The molecule has 0 bridgehead atoms. The van der Waals surface area contributed by atoms with E-state index in [1.807, 2.05) is 4.90 Å². The summed E-state index contributed by atoms with van der Waals surface area (Å²) in [5.74, 6) is 0.406. The smallest absolute Gasteiger partial charge is 0.223 e. The number of carbonyl (C=O) groups excluding carboxylic acids is 1. The fourth-order valence-electron chi connectivity index (χ4n) is 2.34. The van der Waals surface area contributed by atoms with Crippen LogP contribution in [0.15, 0.2) is 18.2 Å². The van der Waals surface area contributed by atoms with Gasteiger partial charge < -0.3 is 15.0 Å². The molecule has 1 aliphatic rings. The lowest BCUT2D eigenvalue weighted by molar-refractivity contribution is -0.130. The van der Waals surface area contributed by atoms with Crippen LogP contribution in [0.4, 0.5) is 4.39 Å². The highest BCUT2D eigenvalue weighted by molar-refractivity contribution is 5.76.